The van der Waals surface area contributed by atoms with Crippen molar-refractivity contribution in [2.45, 2.75) is 43.2 Å². The Labute approximate surface area is 198 Å². The maximum Gasteiger partial charge on any atom is 0.255 e. The Kier molecular flexibility index (Phi) is 8.10. The summed E-state index contributed by atoms with van der Waals surface area (Å²) in [6.07, 6.45) is 0. The Bertz CT molecular complexity index is 1180. The van der Waals surface area contributed by atoms with Crippen molar-refractivity contribution in [2.24, 2.45) is 0 Å². The van der Waals surface area contributed by atoms with Crippen molar-refractivity contribution in [1.82, 2.24) is 9.29 Å². The lowest BCUT2D eigenvalue weighted by molar-refractivity contribution is 0.102. The number of hydrogen-bond donors (Lipinski definition) is 1. The van der Waals surface area contributed by atoms with Crippen molar-refractivity contribution in [2.75, 3.05) is 18.4 Å². The molecule has 0 saturated heterocycles. The molecule has 3 rings (SSSR count). The molecule has 0 aliphatic heterocycles. The lowest BCUT2D eigenvalue weighted by Crippen LogP contribution is -2.31. The topological polar surface area (TPSA) is 79.4 Å². The molecule has 2 aromatic carbocycles. The second-order valence-electron chi connectivity index (χ2n) is 7.19. The zero-order chi connectivity index (χ0) is 23.3. The number of anilines is 1. The Hall–Kier alpha value is -2.20. The van der Waals surface area contributed by atoms with Crippen LogP contribution in [0.25, 0.3) is 0 Å². The number of sulfonamides is 1. The van der Waals surface area contributed by atoms with Crippen molar-refractivity contribution < 1.29 is 13.2 Å². The zero-order valence-electron chi connectivity index (χ0n) is 18.6. The maximum absolute atomic E-state index is 12.9. The smallest absolute Gasteiger partial charge is 0.255 e. The highest BCUT2D eigenvalue weighted by Gasteiger charge is 2.24. The van der Waals surface area contributed by atoms with E-state index < -0.39 is 10.0 Å². The molecular weight excluding hydrogens is 462 g/mol. The molecule has 1 heterocycles. The second kappa shape index (κ2) is 10.6. The number of hydrogen-bond acceptors (Lipinski definition) is 6. The minimum Gasteiger partial charge on any atom is -0.322 e. The van der Waals surface area contributed by atoms with Gasteiger partial charge in [-0.05, 0) is 55.8 Å². The van der Waals surface area contributed by atoms with E-state index in [-0.39, 0.29) is 10.8 Å². The Balaban J connectivity index is 1.70. The first-order valence-corrected chi connectivity index (χ1v) is 13.6. The number of benzene rings is 2. The number of aromatic nitrogens is 1. The fourth-order valence-corrected chi connectivity index (χ4v) is 6.41. The largest absolute Gasteiger partial charge is 0.322 e. The molecule has 0 radical (unpaired) electrons. The monoisotopic (exact) mass is 489 g/mol. The average Bonchev–Trinajstić information content (AvgIpc) is 3.19. The number of amides is 1. The number of nitrogens with one attached hydrogen (secondary N) is 1. The van der Waals surface area contributed by atoms with Crippen LogP contribution in [0, 0.1) is 13.8 Å². The summed E-state index contributed by atoms with van der Waals surface area (Å²) in [6.45, 7) is 8.14. The molecule has 3 aromatic rings. The van der Waals surface area contributed by atoms with Crippen LogP contribution in [0.4, 0.5) is 5.69 Å². The van der Waals surface area contributed by atoms with Gasteiger partial charge in [-0.3, -0.25) is 4.79 Å². The highest BCUT2D eigenvalue weighted by molar-refractivity contribution is 7.98. The fraction of sp³-hybridized carbons (Fsp3) is 0.304. The number of carbonyl (C=O) groups is 1. The van der Waals surface area contributed by atoms with Crippen molar-refractivity contribution in [3.05, 3.63) is 69.7 Å². The van der Waals surface area contributed by atoms with Gasteiger partial charge in [0.05, 0.1) is 15.6 Å². The van der Waals surface area contributed by atoms with Gasteiger partial charge in [-0.1, -0.05) is 19.9 Å². The predicted octanol–water partition coefficient (Wildman–Crippen LogP) is 5.34. The molecule has 0 saturated carbocycles. The third-order valence-electron chi connectivity index (χ3n) is 4.94. The summed E-state index contributed by atoms with van der Waals surface area (Å²) in [5, 5.41) is 5.92. The number of aryl methyl sites for hydroxylation is 2. The molecule has 1 aromatic heterocycles. The summed E-state index contributed by atoms with van der Waals surface area (Å²) in [6, 6.07) is 12.3. The van der Waals surface area contributed by atoms with E-state index >= 15 is 0 Å². The van der Waals surface area contributed by atoms with Gasteiger partial charge in [0.2, 0.25) is 10.0 Å². The number of thioether (sulfide) groups is 1. The van der Waals surface area contributed by atoms with Gasteiger partial charge in [-0.2, -0.15) is 4.31 Å². The van der Waals surface area contributed by atoms with E-state index in [1.165, 1.54) is 10.4 Å². The summed E-state index contributed by atoms with van der Waals surface area (Å²) in [4.78, 5) is 18.4. The van der Waals surface area contributed by atoms with Gasteiger partial charge < -0.3 is 5.32 Å². The third kappa shape index (κ3) is 5.78. The van der Waals surface area contributed by atoms with Gasteiger partial charge in [0.1, 0.15) is 0 Å². The van der Waals surface area contributed by atoms with Crippen molar-refractivity contribution >= 4 is 44.7 Å². The normalized spacial score (nSPS) is 11.7. The maximum atomic E-state index is 12.9. The van der Waals surface area contributed by atoms with Crippen molar-refractivity contribution in [1.29, 1.82) is 0 Å². The molecule has 0 spiro atoms. The van der Waals surface area contributed by atoms with Crippen LogP contribution in [0.3, 0.4) is 0 Å². The summed E-state index contributed by atoms with van der Waals surface area (Å²) >= 11 is 3.30. The molecular formula is C23H27N3O3S3. The van der Waals surface area contributed by atoms with Crippen molar-refractivity contribution in [3.63, 3.8) is 0 Å². The number of nitrogens with zero attached hydrogens (tertiary/aromatic N) is 2. The highest BCUT2D eigenvalue weighted by Crippen LogP contribution is 2.26. The lowest BCUT2D eigenvalue weighted by atomic mass is 10.2. The molecule has 0 unspecified atom stereocenters. The quantitative estimate of drug-likeness (QED) is 0.411. The first-order chi connectivity index (χ1) is 15.2. The third-order valence-corrected chi connectivity index (χ3v) is 9.00. The summed E-state index contributed by atoms with van der Waals surface area (Å²) in [5.74, 6) is 0.495. The van der Waals surface area contributed by atoms with E-state index in [0.717, 1.165) is 21.3 Å². The lowest BCUT2D eigenvalue weighted by Gasteiger charge is -2.20. The molecule has 0 aliphatic carbocycles. The number of rotatable bonds is 9. The van der Waals surface area contributed by atoms with Crippen molar-refractivity contribution in [3.8, 4) is 0 Å². The summed E-state index contributed by atoms with van der Waals surface area (Å²) < 4.78 is 27.3. The van der Waals surface area contributed by atoms with Gasteiger partial charge in [-0.15, -0.1) is 23.1 Å². The molecule has 32 heavy (non-hydrogen) atoms. The van der Waals surface area contributed by atoms with E-state index in [2.05, 4.69) is 15.7 Å². The SMILES string of the molecule is CCN(CC)S(=O)(=O)c1cc(NC(=O)c2ccc(SCc3csc(C)n3)cc2)ccc1C. The Morgan fingerprint density at radius 3 is 2.38 bits per heavy atom. The Morgan fingerprint density at radius 1 is 1.09 bits per heavy atom. The first-order valence-electron chi connectivity index (χ1n) is 10.3. The molecule has 9 heteroatoms. The van der Waals surface area contributed by atoms with Crippen LogP contribution in [0.1, 0.15) is 40.5 Å². The van der Waals surface area contributed by atoms with E-state index in [4.69, 9.17) is 0 Å². The van der Waals surface area contributed by atoms with Crippen LogP contribution in [0.2, 0.25) is 0 Å². The molecule has 0 aliphatic rings. The average molecular weight is 490 g/mol. The minimum absolute atomic E-state index is 0.211. The van der Waals surface area contributed by atoms with Crippen LogP contribution < -0.4 is 5.32 Å². The second-order valence-corrected chi connectivity index (χ2v) is 11.2. The molecule has 1 amide bonds. The van der Waals surface area contributed by atoms with E-state index in [0.29, 0.717) is 29.9 Å². The Morgan fingerprint density at radius 2 is 1.78 bits per heavy atom. The summed E-state index contributed by atoms with van der Waals surface area (Å²) in [5.41, 5.74) is 2.65. The van der Waals surface area contributed by atoms with Gasteiger partial charge >= 0.3 is 0 Å². The highest BCUT2D eigenvalue weighted by atomic mass is 32.2. The number of thiazole rings is 1. The standard InChI is InChI=1S/C23H27N3O3S3/c1-5-26(6-2)32(28,29)22-13-19(10-7-16(22)3)25-23(27)18-8-11-21(12-9-18)31-15-20-14-30-17(4)24-20/h7-14H,5-6,15H2,1-4H3,(H,25,27). The van der Waals surface area contributed by atoms with E-state index in [1.54, 1.807) is 54.3 Å². The minimum atomic E-state index is -3.61. The van der Waals surface area contributed by atoms with Gasteiger partial charge in [0, 0.05) is 40.4 Å². The number of carbonyl (C=O) groups excluding carboxylic acids is 1. The molecule has 0 atom stereocenters. The first kappa shape index (κ1) is 24.4. The van der Waals surface area contributed by atoms with Crippen LogP contribution in [0.5, 0.6) is 0 Å². The van der Waals surface area contributed by atoms with Crippen LogP contribution in [-0.2, 0) is 15.8 Å². The van der Waals surface area contributed by atoms with Gasteiger partial charge in [0.25, 0.3) is 5.91 Å². The van der Waals surface area contributed by atoms with E-state index in [1.807, 2.05) is 32.9 Å². The van der Waals surface area contributed by atoms with Gasteiger partial charge in [0.15, 0.2) is 0 Å². The van der Waals surface area contributed by atoms with E-state index in [9.17, 15) is 13.2 Å². The summed E-state index contributed by atoms with van der Waals surface area (Å²) in [7, 11) is -3.61. The zero-order valence-corrected chi connectivity index (χ0v) is 21.0. The van der Waals surface area contributed by atoms with Crippen LogP contribution in [-0.4, -0.2) is 36.7 Å². The van der Waals surface area contributed by atoms with Gasteiger partial charge in [-0.25, -0.2) is 13.4 Å². The molecule has 6 nitrogen and oxygen atoms in total. The van der Waals surface area contributed by atoms with Crippen LogP contribution >= 0.6 is 23.1 Å². The predicted molar refractivity (Wildman–Crippen MR) is 132 cm³/mol. The molecule has 170 valence electrons. The molecule has 0 fully saturated rings. The van der Waals surface area contributed by atoms with Crippen LogP contribution in [0.15, 0.2) is 57.6 Å². The molecule has 1 N–H and O–H groups in total. The fourth-order valence-electron chi connectivity index (χ4n) is 3.20. The molecule has 0 bridgehead atoms.